The highest BCUT2D eigenvalue weighted by molar-refractivity contribution is 14.1. The Labute approximate surface area is 463 Å². The van der Waals surface area contributed by atoms with E-state index in [-0.39, 0.29) is 0 Å². The highest BCUT2D eigenvalue weighted by Gasteiger charge is 2.61. The third kappa shape index (κ3) is 10.00. The SMILES string of the molecule is CC(C)CCC[C@@H](C)[C@H]1CC[C@H]2[C@@H]3CC=C4C[C@@H](c5c(I)cccc5COCc5cccc(I)c5[C@H]5CC[C@@]6(C)C(=CC[C@H]7[C@@H]8CC[C@H]([C@H](C)CCCC(C)C)[C@@]8(C)CC[C@@H]76)C5)CC[C@]4(C)[C@H]3CC[C@]12C. The van der Waals surface area contributed by atoms with Gasteiger partial charge in [0.1, 0.15) is 0 Å². The first-order valence-electron chi connectivity index (χ1n) is 30.5. The molecule has 0 aromatic heterocycles. The van der Waals surface area contributed by atoms with Crippen molar-refractivity contribution in [2.75, 3.05) is 0 Å². The number of rotatable bonds is 16. The molecule has 0 aliphatic heterocycles. The lowest BCUT2D eigenvalue weighted by Gasteiger charge is -2.58. The van der Waals surface area contributed by atoms with Gasteiger partial charge in [-0.3, -0.25) is 0 Å². The number of halogens is 2. The smallest absolute Gasteiger partial charge is 0.0724 e. The van der Waals surface area contributed by atoms with Crippen molar-refractivity contribution in [1.29, 1.82) is 0 Å². The Morgan fingerprint density at radius 2 is 0.930 bits per heavy atom. The Hall–Kier alpha value is -0.660. The highest BCUT2D eigenvalue weighted by atomic mass is 127. The standard InChI is InChI=1S/C68H100I2O/c1-43(2)15-11-17-45(5)55-27-29-57-53-25-23-51-39-47(31-35-65(51,7)59(53)33-37-67(55,57)9)63-49(19-13-21-61(63)69)41-71-42-50-20-14-22-62(70)64(50)48-32-36-66(8)52(40-48)24-26-54-58-30-28-56(46(6)18-12-16-44(3)4)68(58,10)38-34-60(54)66/h13-14,19-24,43-48,53-60H,11-12,15-18,25-42H2,1-10H3/t45-,46-,47+,48+,53+,54+,55-,56-,57+,58+,59+,60+,65+,66+,67-,68-/m1/s1. The van der Waals surface area contributed by atoms with Crippen LogP contribution in [0.25, 0.3) is 0 Å². The summed E-state index contributed by atoms with van der Waals surface area (Å²) < 4.78 is 9.85. The van der Waals surface area contributed by atoms with Gasteiger partial charge in [0.15, 0.2) is 0 Å². The Morgan fingerprint density at radius 3 is 1.34 bits per heavy atom. The van der Waals surface area contributed by atoms with Gasteiger partial charge >= 0.3 is 0 Å². The topological polar surface area (TPSA) is 9.23 Å². The molecule has 0 unspecified atom stereocenters. The summed E-state index contributed by atoms with van der Waals surface area (Å²) in [6, 6.07) is 14.2. The van der Waals surface area contributed by atoms with E-state index in [0.29, 0.717) is 46.7 Å². The van der Waals surface area contributed by atoms with E-state index in [1.165, 1.54) is 160 Å². The molecule has 0 N–H and O–H groups in total. The zero-order chi connectivity index (χ0) is 50.0. The van der Waals surface area contributed by atoms with Crippen molar-refractivity contribution in [3.63, 3.8) is 0 Å². The molecule has 2 aromatic carbocycles. The molecule has 16 atom stereocenters. The van der Waals surface area contributed by atoms with Gasteiger partial charge in [0, 0.05) is 7.14 Å². The lowest BCUT2D eigenvalue weighted by Crippen LogP contribution is -2.50. The van der Waals surface area contributed by atoms with Gasteiger partial charge in [-0.1, -0.05) is 155 Å². The largest absolute Gasteiger partial charge is 0.372 e. The molecule has 2 aromatic rings. The van der Waals surface area contributed by atoms with Crippen LogP contribution in [-0.2, 0) is 18.0 Å². The maximum Gasteiger partial charge on any atom is 0.0724 e. The number of allylic oxidation sites excluding steroid dienone is 4. The van der Waals surface area contributed by atoms with Gasteiger partial charge in [-0.05, 0) is 287 Å². The normalized spacial score (nSPS) is 39.4. The summed E-state index contributed by atoms with van der Waals surface area (Å²) in [5.41, 5.74) is 11.6. The van der Waals surface area contributed by atoms with E-state index < -0.39 is 0 Å². The van der Waals surface area contributed by atoms with Gasteiger partial charge in [0.05, 0.1) is 13.2 Å². The molecular formula is C68H100I2O. The van der Waals surface area contributed by atoms with E-state index in [9.17, 15) is 0 Å². The van der Waals surface area contributed by atoms with Crippen molar-refractivity contribution in [2.45, 2.75) is 236 Å². The molecule has 8 aliphatic carbocycles. The Kier molecular flexibility index (Phi) is 16.4. The molecule has 8 aliphatic rings. The number of fused-ring (bicyclic) bond motifs is 10. The first-order chi connectivity index (χ1) is 34.0. The van der Waals surface area contributed by atoms with Gasteiger partial charge in [-0.25, -0.2) is 0 Å². The quantitative estimate of drug-likeness (QED) is 0.120. The van der Waals surface area contributed by atoms with E-state index in [2.05, 4.69) is 163 Å². The summed E-state index contributed by atoms with van der Waals surface area (Å²) in [5, 5.41) is 0. The monoisotopic (exact) mass is 1190 g/mol. The first-order valence-corrected chi connectivity index (χ1v) is 32.6. The van der Waals surface area contributed by atoms with Gasteiger partial charge in [0.2, 0.25) is 0 Å². The molecule has 0 spiro atoms. The molecule has 392 valence electrons. The third-order valence-electron chi connectivity index (χ3n) is 24.2. The second-order valence-electron chi connectivity index (χ2n) is 28.6. The second-order valence-corrected chi connectivity index (χ2v) is 30.9. The molecule has 0 radical (unpaired) electrons. The molecule has 0 bridgehead atoms. The van der Waals surface area contributed by atoms with Crippen LogP contribution in [0, 0.1) is 99.8 Å². The summed E-state index contributed by atoms with van der Waals surface area (Å²) in [5.74, 6) is 11.9. The fraction of sp³-hybridized carbons (Fsp3) is 0.765. The summed E-state index contributed by atoms with van der Waals surface area (Å²) in [6.07, 6.45) is 36.6. The van der Waals surface area contributed by atoms with Crippen LogP contribution in [0.2, 0.25) is 0 Å². The minimum atomic E-state index is 0.383. The van der Waals surface area contributed by atoms with Crippen LogP contribution >= 0.6 is 45.2 Å². The fourth-order valence-corrected chi connectivity index (χ4v) is 22.5. The van der Waals surface area contributed by atoms with Gasteiger partial charge in [-0.15, -0.1) is 0 Å². The minimum absolute atomic E-state index is 0.383. The van der Waals surface area contributed by atoms with Crippen LogP contribution in [0.3, 0.4) is 0 Å². The van der Waals surface area contributed by atoms with Crippen molar-refractivity contribution < 1.29 is 4.74 Å². The highest BCUT2D eigenvalue weighted by Crippen LogP contribution is 2.70. The zero-order valence-corrected chi connectivity index (χ0v) is 51.2. The van der Waals surface area contributed by atoms with Crippen LogP contribution in [0.1, 0.15) is 245 Å². The second kappa shape index (κ2) is 21.6. The predicted octanol–water partition coefficient (Wildman–Crippen LogP) is 20.9. The van der Waals surface area contributed by atoms with Crippen molar-refractivity contribution in [2.24, 2.45) is 92.7 Å². The van der Waals surface area contributed by atoms with Crippen LogP contribution in [-0.4, -0.2) is 0 Å². The minimum Gasteiger partial charge on any atom is -0.372 e. The third-order valence-corrected chi connectivity index (χ3v) is 26.1. The molecular weight excluding hydrogens is 1090 g/mol. The van der Waals surface area contributed by atoms with E-state index in [1.54, 1.807) is 11.1 Å². The van der Waals surface area contributed by atoms with E-state index >= 15 is 0 Å². The molecule has 6 fully saturated rings. The first kappa shape index (κ1) is 53.7. The lowest BCUT2D eigenvalue weighted by atomic mass is 9.46. The average Bonchev–Trinajstić information content (AvgIpc) is 3.88. The molecule has 6 saturated carbocycles. The van der Waals surface area contributed by atoms with Gasteiger partial charge in [-0.2, -0.15) is 0 Å². The summed E-state index contributed by atoms with van der Waals surface area (Å²) >= 11 is 5.34. The molecule has 3 heteroatoms. The van der Waals surface area contributed by atoms with Crippen molar-refractivity contribution >= 4 is 45.2 Å². The van der Waals surface area contributed by atoms with E-state index in [1.807, 2.05) is 11.1 Å². The Balaban J connectivity index is 0.783. The molecule has 71 heavy (non-hydrogen) atoms. The maximum atomic E-state index is 6.95. The van der Waals surface area contributed by atoms with Crippen LogP contribution in [0.4, 0.5) is 0 Å². The van der Waals surface area contributed by atoms with E-state index in [4.69, 9.17) is 4.74 Å². The fourth-order valence-electron chi connectivity index (χ4n) is 20.5. The molecule has 0 heterocycles. The van der Waals surface area contributed by atoms with Crippen molar-refractivity contribution in [3.05, 3.63) is 89.1 Å². The number of hydrogen-bond donors (Lipinski definition) is 0. The zero-order valence-electron chi connectivity index (χ0n) is 46.8. The average molecular weight is 1190 g/mol. The van der Waals surface area contributed by atoms with Gasteiger partial charge < -0.3 is 4.74 Å². The van der Waals surface area contributed by atoms with Crippen LogP contribution in [0.15, 0.2) is 59.7 Å². The predicted molar refractivity (Wildman–Crippen MR) is 318 cm³/mol. The molecule has 0 saturated heterocycles. The van der Waals surface area contributed by atoms with E-state index in [0.717, 1.165) is 71.0 Å². The molecule has 10 rings (SSSR count). The summed E-state index contributed by atoms with van der Waals surface area (Å²) in [6.45, 7) is 27.3. The number of hydrogen-bond acceptors (Lipinski definition) is 1. The maximum absolute atomic E-state index is 6.95. The number of benzene rings is 2. The Bertz CT molecular complexity index is 2100. The van der Waals surface area contributed by atoms with Gasteiger partial charge in [0.25, 0.3) is 0 Å². The van der Waals surface area contributed by atoms with Crippen LogP contribution < -0.4 is 0 Å². The van der Waals surface area contributed by atoms with Crippen LogP contribution in [0.5, 0.6) is 0 Å². The summed E-state index contributed by atoms with van der Waals surface area (Å²) in [4.78, 5) is 0. The Morgan fingerprint density at radius 1 is 0.507 bits per heavy atom. The lowest BCUT2D eigenvalue weighted by molar-refractivity contribution is -0.0511. The summed E-state index contributed by atoms with van der Waals surface area (Å²) in [7, 11) is 0. The molecule has 1 nitrogen and oxygen atoms in total. The number of ether oxygens (including phenoxy) is 1. The molecule has 0 amide bonds. The van der Waals surface area contributed by atoms with Crippen molar-refractivity contribution in [1.82, 2.24) is 0 Å². The van der Waals surface area contributed by atoms with Crippen molar-refractivity contribution in [3.8, 4) is 0 Å².